The van der Waals surface area contributed by atoms with Gasteiger partial charge in [0.05, 0.1) is 6.54 Å². The van der Waals surface area contributed by atoms with Gasteiger partial charge >= 0.3 is 6.03 Å². The number of benzene rings is 2. The summed E-state index contributed by atoms with van der Waals surface area (Å²) in [4.78, 5) is 28.6. The average Bonchev–Trinajstić information content (AvgIpc) is 2.70. The van der Waals surface area contributed by atoms with Crippen molar-refractivity contribution in [3.05, 3.63) is 59.7 Å². The van der Waals surface area contributed by atoms with Gasteiger partial charge in [0.15, 0.2) is 0 Å². The van der Waals surface area contributed by atoms with E-state index in [1.54, 1.807) is 4.90 Å². The van der Waals surface area contributed by atoms with Crippen LogP contribution in [0.3, 0.4) is 0 Å². The van der Waals surface area contributed by atoms with Crippen molar-refractivity contribution in [1.82, 2.24) is 10.2 Å². The minimum atomic E-state index is -0.358. The summed E-state index contributed by atoms with van der Waals surface area (Å²) in [5.41, 5.74) is 3.96. The zero-order valence-electron chi connectivity index (χ0n) is 15.9. The number of hydrogen-bond donors (Lipinski definition) is 2. The summed E-state index contributed by atoms with van der Waals surface area (Å²) in [6, 6.07) is 15.7. The molecule has 1 fully saturated rings. The molecule has 1 heterocycles. The topological polar surface area (TPSA) is 64.7 Å². The van der Waals surface area contributed by atoms with E-state index < -0.39 is 0 Å². The van der Waals surface area contributed by atoms with E-state index in [1.165, 1.54) is 5.69 Å². The summed E-state index contributed by atoms with van der Waals surface area (Å²) in [7, 11) is 0. The van der Waals surface area contributed by atoms with E-state index in [0.29, 0.717) is 13.1 Å². The summed E-state index contributed by atoms with van der Waals surface area (Å²) in [5.74, 6) is -0.0561. The van der Waals surface area contributed by atoms with Crippen LogP contribution < -0.4 is 15.5 Å². The lowest BCUT2D eigenvalue weighted by molar-refractivity contribution is -0.130. The van der Waals surface area contributed by atoms with E-state index in [9.17, 15) is 9.59 Å². The lowest BCUT2D eigenvalue weighted by atomic mass is 10.1. The Hall–Kier alpha value is -3.02. The molecule has 1 saturated heterocycles. The van der Waals surface area contributed by atoms with E-state index in [0.717, 1.165) is 29.9 Å². The molecule has 0 aromatic heterocycles. The second-order valence-corrected chi connectivity index (χ2v) is 6.78. The average molecular weight is 366 g/mol. The largest absolute Gasteiger partial charge is 0.368 e. The number of anilines is 2. The lowest BCUT2D eigenvalue weighted by Crippen LogP contribution is -2.51. The highest BCUT2D eigenvalue weighted by Crippen LogP contribution is 2.19. The number of nitrogens with zero attached hydrogens (tertiary/aromatic N) is 2. The van der Waals surface area contributed by atoms with Crippen LogP contribution in [0, 0.1) is 13.8 Å². The Bertz CT molecular complexity index is 779. The third kappa shape index (κ3) is 4.78. The van der Waals surface area contributed by atoms with Gasteiger partial charge in [0.2, 0.25) is 5.91 Å². The number of carbonyl (C=O) groups is 2. The van der Waals surface area contributed by atoms with Gasteiger partial charge in [0.1, 0.15) is 0 Å². The van der Waals surface area contributed by atoms with Crippen LogP contribution >= 0.6 is 0 Å². The van der Waals surface area contributed by atoms with E-state index >= 15 is 0 Å². The third-order valence-electron chi connectivity index (χ3n) is 4.87. The molecule has 0 bridgehead atoms. The number of rotatable bonds is 4. The maximum atomic E-state index is 12.4. The molecule has 2 aromatic carbocycles. The van der Waals surface area contributed by atoms with Crippen molar-refractivity contribution >= 4 is 23.3 Å². The van der Waals surface area contributed by atoms with Gasteiger partial charge < -0.3 is 20.4 Å². The van der Waals surface area contributed by atoms with Crippen molar-refractivity contribution in [2.75, 3.05) is 42.9 Å². The number of urea groups is 1. The quantitative estimate of drug-likeness (QED) is 0.875. The highest BCUT2D eigenvalue weighted by atomic mass is 16.2. The first-order chi connectivity index (χ1) is 13.0. The van der Waals surface area contributed by atoms with E-state index in [2.05, 4.69) is 27.7 Å². The number of para-hydroxylation sites is 2. The Morgan fingerprint density at radius 3 is 2.15 bits per heavy atom. The molecule has 0 aliphatic carbocycles. The summed E-state index contributed by atoms with van der Waals surface area (Å²) >= 11 is 0. The molecular weight excluding hydrogens is 340 g/mol. The maximum absolute atomic E-state index is 12.4. The Balaban J connectivity index is 1.45. The van der Waals surface area contributed by atoms with Crippen LogP contribution in [0.25, 0.3) is 0 Å². The zero-order chi connectivity index (χ0) is 19.2. The number of nitrogens with one attached hydrogen (secondary N) is 2. The van der Waals surface area contributed by atoms with Crippen LogP contribution in [0.2, 0.25) is 0 Å². The van der Waals surface area contributed by atoms with Gasteiger partial charge in [-0.1, -0.05) is 36.4 Å². The molecule has 0 saturated carbocycles. The Kier molecular flexibility index (Phi) is 5.96. The molecule has 1 aliphatic rings. The van der Waals surface area contributed by atoms with Crippen molar-refractivity contribution in [3.8, 4) is 0 Å². The van der Waals surface area contributed by atoms with Crippen LogP contribution in [0.1, 0.15) is 11.1 Å². The summed E-state index contributed by atoms with van der Waals surface area (Å²) in [5, 5.41) is 5.51. The molecule has 0 spiro atoms. The molecule has 0 atom stereocenters. The fourth-order valence-corrected chi connectivity index (χ4v) is 3.29. The predicted octanol–water partition coefficient (Wildman–Crippen LogP) is 2.77. The maximum Gasteiger partial charge on any atom is 0.319 e. The highest BCUT2D eigenvalue weighted by Gasteiger charge is 2.21. The van der Waals surface area contributed by atoms with Crippen molar-refractivity contribution in [3.63, 3.8) is 0 Å². The van der Waals surface area contributed by atoms with Crippen LogP contribution in [0.4, 0.5) is 16.2 Å². The van der Waals surface area contributed by atoms with Gasteiger partial charge in [-0.15, -0.1) is 0 Å². The summed E-state index contributed by atoms with van der Waals surface area (Å²) < 4.78 is 0. The number of amides is 3. The predicted molar refractivity (Wildman–Crippen MR) is 108 cm³/mol. The SMILES string of the molecule is Cc1cccc(C)c1NC(=O)NCC(=O)N1CCN(c2ccccc2)CC1. The second-order valence-electron chi connectivity index (χ2n) is 6.78. The van der Waals surface area contributed by atoms with Crippen LogP contribution in [-0.2, 0) is 4.79 Å². The Morgan fingerprint density at radius 1 is 0.889 bits per heavy atom. The van der Waals surface area contributed by atoms with Crippen molar-refractivity contribution < 1.29 is 9.59 Å². The Labute approximate surface area is 160 Å². The number of aryl methyl sites for hydroxylation is 2. The van der Waals surface area contributed by atoms with Gasteiger partial charge in [0.25, 0.3) is 0 Å². The van der Waals surface area contributed by atoms with E-state index in [1.807, 2.05) is 50.2 Å². The highest BCUT2D eigenvalue weighted by molar-refractivity contribution is 5.93. The monoisotopic (exact) mass is 366 g/mol. The fourth-order valence-electron chi connectivity index (χ4n) is 3.29. The third-order valence-corrected chi connectivity index (χ3v) is 4.87. The molecule has 3 rings (SSSR count). The van der Waals surface area contributed by atoms with Crippen molar-refractivity contribution in [2.45, 2.75) is 13.8 Å². The molecule has 0 radical (unpaired) electrons. The normalized spacial score (nSPS) is 14.0. The molecule has 3 amide bonds. The minimum Gasteiger partial charge on any atom is -0.368 e. The first-order valence-corrected chi connectivity index (χ1v) is 9.23. The smallest absolute Gasteiger partial charge is 0.319 e. The summed E-state index contributed by atoms with van der Waals surface area (Å²) in [6.07, 6.45) is 0. The van der Waals surface area contributed by atoms with Crippen molar-refractivity contribution in [1.29, 1.82) is 0 Å². The molecule has 1 aliphatic heterocycles. The van der Waals surface area contributed by atoms with E-state index in [-0.39, 0.29) is 18.5 Å². The van der Waals surface area contributed by atoms with Gasteiger partial charge in [-0.05, 0) is 37.1 Å². The second kappa shape index (κ2) is 8.58. The molecular formula is C21H26N4O2. The standard InChI is InChI=1S/C21H26N4O2/c1-16-7-6-8-17(2)20(16)23-21(27)22-15-19(26)25-13-11-24(12-14-25)18-9-4-3-5-10-18/h3-10H,11-15H2,1-2H3,(H2,22,23,27). The van der Waals surface area contributed by atoms with Gasteiger partial charge in [-0.3, -0.25) is 4.79 Å². The first-order valence-electron chi connectivity index (χ1n) is 9.23. The minimum absolute atomic E-state index is 0.00208. The van der Waals surface area contributed by atoms with Gasteiger partial charge in [-0.2, -0.15) is 0 Å². The van der Waals surface area contributed by atoms with Crippen LogP contribution in [0.15, 0.2) is 48.5 Å². The molecule has 27 heavy (non-hydrogen) atoms. The number of hydrogen-bond acceptors (Lipinski definition) is 3. The summed E-state index contributed by atoms with van der Waals surface area (Å²) in [6.45, 7) is 6.80. The molecule has 6 nitrogen and oxygen atoms in total. The van der Waals surface area contributed by atoms with Gasteiger partial charge in [-0.25, -0.2) is 4.79 Å². The lowest BCUT2D eigenvalue weighted by Gasteiger charge is -2.36. The van der Waals surface area contributed by atoms with Crippen LogP contribution in [-0.4, -0.2) is 49.6 Å². The molecule has 142 valence electrons. The van der Waals surface area contributed by atoms with Crippen molar-refractivity contribution in [2.24, 2.45) is 0 Å². The van der Waals surface area contributed by atoms with Crippen LogP contribution in [0.5, 0.6) is 0 Å². The first kappa shape index (κ1) is 18.8. The molecule has 6 heteroatoms. The molecule has 2 aromatic rings. The number of piperazine rings is 1. The fraction of sp³-hybridized carbons (Fsp3) is 0.333. The molecule has 2 N–H and O–H groups in total. The Morgan fingerprint density at radius 2 is 1.52 bits per heavy atom. The van der Waals surface area contributed by atoms with Gasteiger partial charge in [0, 0.05) is 37.6 Å². The van der Waals surface area contributed by atoms with E-state index in [4.69, 9.17) is 0 Å². The molecule has 0 unspecified atom stereocenters. The number of carbonyl (C=O) groups excluding carboxylic acids is 2. The zero-order valence-corrected chi connectivity index (χ0v) is 15.9.